The highest BCUT2D eigenvalue weighted by molar-refractivity contribution is 5.82. The van der Waals surface area contributed by atoms with Crippen molar-refractivity contribution in [2.75, 3.05) is 6.61 Å². The summed E-state index contributed by atoms with van der Waals surface area (Å²) in [6, 6.07) is 7.56. The monoisotopic (exact) mass is 202 g/mol. The molecule has 0 aliphatic carbocycles. The number of aryl methyl sites for hydroxylation is 1. The number of pyridine rings is 1. The third kappa shape index (κ3) is 1.84. The second-order valence-corrected chi connectivity index (χ2v) is 3.72. The number of benzene rings is 1. The van der Waals surface area contributed by atoms with E-state index in [9.17, 15) is 0 Å². The minimum Gasteiger partial charge on any atom is -0.394 e. The first-order valence-electron chi connectivity index (χ1n) is 4.94. The van der Waals surface area contributed by atoms with Gasteiger partial charge in [-0.15, -0.1) is 0 Å². The quantitative estimate of drug-likeness (QED) is 0.776. The third-order valence-electron chi connectivity index (χ3n) is 2.48. The summed E-state index contributed by atoms with van der Waals surface area (Å²) in [6.45, 7) is 1.94. The van der Waals surface area contributed by atoms with Crippen molar-refractivity contribution in [2.24, 2.45) is 5.73 Å². The molecule has 0 amide bonds. The van der Waals surface area contributed by atoms with Gasteiger partial charge in [0.1, 0.15) is 0 Å². The highest BCUT2D eigenvalue weighted by Gasteiger charge is 2.09. The Labute approximate surface area is 88.6 Å². The molecule has 15 heavy (non-hydrogen) atoms. The van der Waals surface area contributed by atoms with Gasteiger partial charge in [-0.1, -0.05) is 18.2 Å². The lowest BCUT2D eigenvalue weighted by Gasteiger charge is -2.11. The summed E-state index contributed by atoms with van der Waals surface area (Å²) in [5.74, 6) is 0. The summed E-state index contributed by atoms with van der Waals surface area (Å²) < 4.78 is 0. The van der Waals surface area contributed by atoms with Crippen molar-refractivity contribution in [3.8, 4) is 0 Å². The zero-order valence-corrected chi connectivity index (χ0v) is 8.64. The molecular formula is C12H14N2O. The molecular weight excluding hydrogens is 188 g/mol. The summed E-state index contributed by atoms with van der Waals surface area (Å²) in [7, 11) is 0. The maximum absolute atomic E-state index is 9.05. The van der Waals surface area contributed by atoms with Gasteiger partial charge in [0.2, 0.25) is 0 Å². The Bertz CT molecular complexity index is 482. The first kappa shape index (κ1) is 10.1. The van der Waals surface area contributed by atoms with Crippen LogP contribution in [-0.2, 0) is 0 Å². The summed E-state index contributed by atoms with van der Waals surface area (Å²) >= 11 is 0. The molecule has 0 saturated heterocycles. The molecule has 3 heteroatoms. The number of hydrogen-bond donors (Lipinski definition) is 2. The summed E-state index contributed by atoms with van der Waals surface area (Å²) in [5.41, 5.74) is 8.71. The molecule has 2 aromatic rings. The second kappa shape index (κ2) is 3.96. The molecule has 3 N–H and O–H groups in total. The van der Waals surface area contributed by atoms with E-state index in [1.54, 1.807) is 0 Å². The van der Waals surface area contributed by atoms with Gasteiger partial charge < -0.3 is 10.8 Å². The minimum atomic E-state index is -0.357. The highest BCUT2D eigenvalue weighted by Crippen LogP contribution is 2.21. The van der Waals surface area contributed by atoms with Crippen LogP contribution < -0.4 is 5.73 Å². The Hall–Kier alpha value is -1.45. The average Bonchev–Trinajstić information content (AvgIpc) is 2.26. The normalized spacial score (nSPS) is 13.0. The maximum Gasteiger partial charge on any atom is 0.0750 e. The summed E-state index contributed by atoms with van der Waals surface area (Å²) in [5, 5.41) is 10.1. The van der Waals surface area contributed by atoms with Crippen LogP contribution in [0.3, 0.4) is 0 Å². The van der Waals surface area contributed by atoms with Crippen LogP contribution in [-0.4, -0.2) is 16.7 Å². The zero-order chi connectivity index (χ0) is 10.8. The SMILES string of the molecule is Cc1cnc2c(C(N)CO)cccc2c1. The van der Waals surface area contributed by atoms with Crippen molar-refractivity contribution in [3.05, 3.63) is 41.6 Å². The maximum atomic E-state index is 9.05. The van der Waals surface area contributed by atoms with E-state index in [-0.39, 0.29) is 12.6 Å². The van der Waals surface area contributed by atoms with Crippen LogP contribution >= 0.6 is 0 Å². The van der Waals surface area contributed by atoms with Gasteiger partial charge in [0.05, 0.1) is 18.2 Å². The van der Waals surface area contributed by atoms with Crippen molar-refractivity contribution in [1.29, 1.82) is 0 Å². The van der Waals surface area contributed by atoms with E-state index in [1.165, 1.54) is 0 Å². The van der Waals surface area contributed by atoms with Gasteiger partial charge >= 0.3 is 0 Å². The van der Waals surface area contributed by atoms with Gasteiger partial charge in [-0.05, 0) is 24.1 Å². The Balaban J connectivity index is 2.66. The molecule has 3 nitrogen and oxygen atoms in total. The number of nitrogens with two attached hydrogens (primary N) is 1. The number of rotatable bonds is 2. The number of aliphatic hydroxyl groups excluding tert-OH is 1. The molecule has 1 heterocycles. The Kier molecular flexibility index (Phi) is 2.66. The summed E-state index contributed by atoms with van der Waals surface area (Å²) in [4.78, 5) is 4.36. The first-order valence-corrected chi connectivity index (χ1v) is 4.94. The van der Waals surface area contributed by atoms with E-state index in [4.69, 9.17) is 10.8 Å². The van der Waals surface area contributed by atoms with Crippen molar-refractivity contribution in [1.82, 2.24) is 4.98 Å². The topological polar surface area (TPSA) is 59.1 Å². The van der Waals surface area contributed by atoms with Gasteiger partial charge in [0.15, 0.2) is 0 Å². The van der Waals surface area contributed by atoms with Crippen LogP contribution in [0.15, 0.2) is 30.5 Å². The van der Waals surface area contributed by atoms with Gasteiger partial charge in [0, 0.05) is 11.6 Å². The van der Waals surface area contributed by atoms with Crippen LogP contribution in [0, 0.1) is 6.92 Å². The predicted octanol–water partition coefficient (Wildman–Crippen LogP) is 1.54. The number of aliphatic hydroxyl groups is 1. The number of aromatic nitrogens is 1. The van der Waals surface area contributed by atoms with Gasteiger partial charge in [-0.3, -0.25) is 4.98 Å². The molecule has 0 aliphatic rings. The van der Waals surface area contributed by atoms with Gasteiger partial charge in [-0.25, -0.2) is 0 Å². The smallest absolute Gasteiger partial charge is 0.0750 e. The molecule has 0 bridgehead atoms. The number of fused-ring (bicyclic) bond motifs is 1. The Morgan fingerprint density at radius 3 is 3.00 bits per heavy atom. The average molecular weight is 202 g/mol. The number of para-hydroxylation sites is 1. The fourth-order valence-corrected chi connectivity index (χ4v) is 1.69. The van der Waals surface area contributed by atoms with Crippen LogP contribution in [0.1, 0.15) is 17.2 Å². The van der Waals surface area contributed by atoms with Crippen LogP contribution in [0.5, 0.6) is 0 Å². The molecule has 2 rings (SSSR count). The van der Waals surface area contributed by atoms with Crippen molar-refractivity contribution in [2.45, 2.75) is 13.0 Å². The standard InChI is InChI=1S/C12H14N2O/c1-8-5-9-3-2-4-10(11(13)7-15)12(9)14-6-8/h2-6,11,15H,7,13H2,1H3. The van der Waals surface area contributed by atoms with Crippen molar-refractivity contribution >= 4 is 10.9 Å². The van der Waals surface area contributed by atoms with Gasteiger partial charge in [-0.2, -0.15) is 0 Å². The van der Waals surface area contributed by atoms with E-state index in [0.29, 0.717) is 0 Å². The first-order chi connectivity index (χ1) is 7.22. The van der Waals surface area contributed by atoms with E-state index >= 15 is 0 Å². The molecule has 0 radical (unpaired) electrons. The molecule has 1 unspecified atom stereocenters. The molecule has 0 fully saturated rings. The van der Waals surface area contributed by atoms with E-state index in [0.717, 1.165) is 22.0 Å². The van der Waals surface area contributed by atoms with E-state index in [2.05, 4.69) is 11.1 Å². The van der Waals surface area contributed by atoms with Crippen LogP contribution in [0.25, 0.3) is 10.9 Å². The molecule has 1 aromatic heterocycles. The lowest BCUT2D eigenvalue weighted by molar-refractivity contribution is 0.268. The molecule has 78 valence electrons. The second-order valence-electron chi connectivity index (χ2n) is 3.72. The largest absolute Gasteiger partial charge is 0.394 e. The molecule has 0 saturated carbocycles. The van der Waals surface area contributed by atoms with E-state index in [1.807, 2.05) is 31.3 Å². The molecule has 1 atom stereocenters. The molecule has 1 aromatic carbocycles. The zero-order valence-electron chi connectivity index (χ0n) is 8.64. The number of nitrogens with zero attached hydrogens (tertiary/aromatic N) is 1. The third-order valence-corrected chi connectivity index (χ3v) is 2.48. The Morgan fingerprint density at radius 2 is 2.27 bits per heavy atom. The predicted molar refractivity (Wildman–Crippen MR) is 60.5 cm³/mol. The fraction of sp³-hybridized carbons (Fsp3) is 0.250. The number of hydrogen-bond acceptors (Lipinski definition) is 3. The fourth-order valence-electron chi connectivity index (χ4n) is 1.69. The minimum absolute atomic E-state index is 0.0608. The van der Waals surface area contributed by atoms with E-state index < -0.39 is 0 Å². The van der Waals surface area contributed by atoms with Crippen LogP contribution in [0.2, 0.25) is 0 Å². The highest BCUT2D eigenvalue weighted by atomic mass is 16.3. The molecule has 0 spiro atoms. The van der Waals surface area contributed by atoms with Crippen molar-refractivity contribution in [3.63, 3.8) is 0 Å². The lowest BCUT2D eigenvalue weighted by Crippen LogP contribution is -2.15. The Morgan fingerprint density at radius 1 is 1.47 bits per heavy atom. The van der Waals surface area contributed by atoms with Crippen LogP contribution in [0.4, 0.5) is 0 Å². The lowest BCUT2D eigenvalue weighted by atomic mass is 10.0. The van der Waals surface area contributed by atoms with Crippen molar-refractivity contribution < 1.29 is 5.11 Å². The van der Waals surface area contributed by atoms with Gasteiger partial charge in [0.25, 0.3) is 0 Å². The summed E-state index contributed by atoms with van der Waals surface area (Å²) in [6.07, 6.45) is 1.82. The molecule has 0 aliphatic heterocycles.